The number of hydrogen-bond acceptors (Lipinski definition) is 5. The molecule has 0 unspecified atom stereocenters. The second kappa shape index (κ2) is 5.81. The Morgan fingerprint density at radius 2 is 2.05 bits per heavy atom. The van der Waals surface area contributed by atoms with Crippen molar-refractivity contribution in [2.75, 3.05) is 26.5 Å². The van der Waals surface area contributed by atoms with Crippen LogP contribution in [0.3, 0.4) is 0 Å². The van der Waals surface area contributed by atoms with Gasteiger partial charge in [0.25, 0.3) is 5.91 Å². The zero-order valence-electron chi connectivity index (χ0n) is 11.6. The number of anilines is 1. The van der Waals surface area contributed by atoms with Crippen molar-refractivity contribution in [1.29, 1.82) is 0 Å². The Hall–Kier alpha value is -2.24. The third-order valence-corrected chi connectivity index (χ3v) is 3.21. The largest absolute Gasteiger partial charge is 0.497 e. The van der Waals surface area contributed by atoms with Crippen molar-refractivity contribution in [1.82, 2.24) is 4.90 Å². The minimum Gasteiger partial charge on any atom is -0.497 e. The fraction of sp³-hybridized carbons (Fsp3) is 0.429. The molecule has 1 amide bonds. The Kier molecular flexibility index (Phi) is 4.12. The molecule has 0 spiro atoms. The van der Waals surface area contributed by atoms with Crippen LogP contribution in [0.4, 0.5) is 5.69 Å². The quantitative estimate of drug-likeness (QED) is 0.643. The van der Waals surface area contributed by atoms with Gasteiger partial charge in [-0.25, -0.2) is 4.79 Å². The Morgan fingerprint density at radius 3 is 2.65 bits per heavy atom. The van der Waals surface area contributed by atoms with Gasteiger partial charge < -0.3 is 20.1 Å². The van der Waals surface area contributed by atoms with E-state index >= 15 is 0 Å². The number of rotatable bonds is 5. The monoisotopic (exact) mass is 278 g/mol. The van der Waals surface area contributed by atoms with Gasteiger partial charge in [0, 0.05) is 24.8 Å². The van der Waals surface area contributed by atoms with Crippen LogP contribution in [0.2, 0.25) is 0 Å². The number of carbonyl (C=O) groups excluding carboxylic acids is 2. The predicted molar refractivity (Wildman–Crippen MR) is 73.5 cm³/mol. The first-order valence-corrected chi connectivity index (χ1v) is 6.38. The van der Waals surface area contributed by atoms with Gasteiger partial charge >= 0.3 is 5.97 Å². The van der Waals surface area contributed by atoms with Crippen molar-refractivity contribution in [3.05, 3.63) is 23.8 Å². The molecule has 1 aliphatic rings. The second-order valence-electron chi connectivity index (χ2n) is 4.81. The molecule has 1 aliphatic carbocycles. The average molecular weight is 278 g/mol. The van der Waals surface area contributed by atoms with Crippen LogP contribution in [0.5, 0.6) is 5.75 Å². The van der Waals surface area contributed by atoms with E-state index in [2.05, 4.69) is 0 Å². The number of ether oxygens (including phenoxy) is 2. The van der Waals surface area contributed by atoms with E-state index in [1.807, 2.05) is 0 Å². The lowest BCUT2D eigenvalue weighted by Gasteiger charge is -2.16. The first-order chi connectivity index (χ1) is 9.51. The highest BCUT2D eigenvalue weighted by molar-refractivity contribution is 5.92. The summed E-state index contributed by atoms with van der Waals surface area (Å²) in [7, 11) is 3.20. The Bertz CT molecular complexity index is 526. The maximum absolute atomic E-state index is 11.9. The van der Waals surface area contributed by atoms with Gasteiger partial charge in [0.2, 0.25) is 0 Å². The van der Waals surface area contributed by atoms with Gasteiger partial charge in [-0.05, 0) is 25.0 Å². The van der Waals surface area contributed by atoms with E-state index < -0.39 is 5.97 Å². The maximum atomic E-state index is 11.9. The summed E-state index contributed by atoms with van der Waals surface area (Å²) in [6, 6.07) is 4.91. The standard InChI is InChI=1S/C14H18N2O4/c1-16(11-3-4-11)13(17)8-20-14(18)9-5-10(15)7-12(6-9)19-2/h5-7,11H,3-4,8,15H2,1-2H3. The zero-order chi connectivity index (χ0) is 14.7. The molecule has 0 aliphatic heterocycles. The first kappa shape index (κ1) is 14.2. The van der Waals surface area contributed by atoms with Crippen LogP contribution in [0, 0.1) is 0 Å². The first-order valence-electron chi connectivity index (χ1n) is 6.38. The van der Waals surface area contributed by atoms with Gasteiger partial charge in [-0.3, -0.25) is 4.79 Å². The third kappa shape index (κ3) is 3.40. The molecule has 0 saturated heterocycles. The van der Waals surface area contributed by atoms with Gasteiger partial charge in [-0.2, -0.15) is 0 Å². The lowest BCUT2D eigenvalue weighted by Crippen LogP contribution is -2.32. The van der Waals surface area contributed by atoms with Crippen molar-refractivity contribution < 1.29 is 19.1 Å². The molecule has 1 saturated carbocycles. The molecule has 0 heterocycles. The van der Waals surface area contributed by atoms with Crippen molar-refractivity contribution in [3.8, 4) is 5.75 Å². The molecule has 1 aromatic rings. The summed E-state index contributed by atoms with van der Waals surface area (Å²) >= 11 is 0. The van der Waals surface area contributed by atoms with Crippen LogP contribution >= 0.6 is 0 Å². The molecule has 108 valence electrons. The van der Waals surface area contributed by atoms with E-state index in [0.29, 0.717) is 17.5 Å². The molecule has 0 bridgehead atoms. The van der Waals surface area contributed by atoms with Crippen LogP contribution in [-0.4, -0.2) is 43.6 Å². The number of carbonyl (C=O) groups is 2. The molecule has 0 radical (unpaired) electrons. The lowest BCUT2D eigenvalue weighted by molar-refractivity contribution is -0.133. The van der Waals surface area contributed by atoms with Crippen molar-refractivity contribution in [2.24, 2.45) is 0 Å². The van der Waals surface area contributed by atoms with Gasteiger partial charge in [-0.1, -0.05) is 0 Å². The fourth-order valence-corrected chi connectivity index (χ4v) is 1.84. The molecular weight excluding hydrogens is 260 g/mol. The number of esters is 1. The summed E-state index contributed by atoms with van der Waals surface area (Å²) in [5, 5.41) is 0. The Balaban J connectivity index is 1.94. The topological polar surface area (TPSA) is 81.9 Å². The number of likely N-dealkylation sites (N-methyl/N-ethyl adjacent to an activating group) is 1. The summed E-state index contributed by atoms with van der Waals surface area (Å²) in [4.78, 5) is 25.2. The van der Waals surface area contributed by atoms with Crippen molar-refractivity contribution >= 4 is 17.6 Å². The van der Waals surface area contributed by atoms with Crippen LogP contribution in [0.15, 0.2) is 18.2 Å². The Morgan fingerprint density at radius 1 is 1.35 bits per heavy atom. The zero-order valence-corrected chi connectivity index (χ0v) is 11.6. The van der Waals surface area contributed by atoms with Gasteiger partial charge in [0.1, 0.15) is 5.75 Å². The van der Waals surface area contributed by atoms with Crippen LogP contribution < -0.4 is 10.5 Å². The van der Waals surface area contributed by atoms with E-state index in [4.69, 9.17) is 15.2 Å². The molecule has 2 N–H and O–H groups in total. The third-order valence-electron chi connectivity index (χ3n) is 3.21. The highest BCUT2D eigenvalue weighted by Gasteiger charge is 2.29. The minimum atomic E-state index is -0.590. The van der Waals surface area contributed by atoms with E-state index in [-0.39, 0.29) is 18.1 Å². The summed E-state index contributed by atoms with van der Waals surface area (Å²) in [5.41, 5.74) is 6.33. The molecule has 6 nitrogen and oxygen atoms in total. The Labute approximate surface area is 117 Å². The summed E-state index contributed by atoms with van der Waals surface area (Å²) in [5.74, 6) is -0.316. The van der Waals surface area contributed by atoms with Crippen molar-refractivity contribution in [3.63, 3.8) is 0 Å². The van der Waals surface area contributed by atoms with E-state index in [9.17, 15) is 9.59 Å². The number of hydrogen-bond donors (Lipinski definition) is 1. The summed E-state index contributed by atoms with van der Waals surface area (Å²) in [6.45, 7) is -0.261. The molecule has 1 aromatic carbocycles. The smallest absolute Gasteiger partial charge is 0.338 e. The molecule has 0 atom stereocenters. The molecular formula is C14H18N2O4. The predicted octanol–water partition coefficient (Wildman–Crippen LogP) is 1.05. The summed E-state index contributed by atoms with van der Waals surface area (Å²) < 4.78 is 10.0. The van der Waals surface area contributed by atoms with E-state index in [1.165, 1.54) is 19.2 Å². The molecule has 2 rings (SSSR count). The number of methoxy groups -OCH3 is 1. The fourth-order valence-electron chi connectivity index (χ4n) is 1.84. The van der Waals surface area contributed by atoms with Gasteiger partial charge in [-0.15, -0.1) is 0 Å². The number of benzene rings is 1. The number of nitrogens with zero attached hydrogens (tertiary/aromatic N) is 1. The summed E-state index contributed by atoms with van der Waals surface area (Å²) in [6.07, 6.45) is 2.03. The van der Waals surface area contributed by atoms with Crippen LogP contribution in [-0.2, 0) is 9.53 Å². The minimum absolute atomic E-state index is 0.197. The SMILES string of the molecule is COc1cc(N)cc(C(=O)OCC(=O)N(C)C2CC2)c1. The van der Waals surface area contributed by atoms with E-state index in [1.54, 1.807) is 18.0 Å². The average Bonchev–Trinajstić information content (AvgIpc) is 3.27. The number of amides is 1. The maximum Gasteiger partial charge on any atom is 0.338 e. The molecule has 6 heteroatoms. The van der Waals surface area contributed by atoms with Crippen molar-refractivity contribution in [2.45, 2.75) is 18.9 Å². The normalized spacial score (nSPS) is 13.7. The molecule has 0 aromatic heterocycles. The van der Waals surface area contributed by atoms with E-state index in [0.717, 1.165) is 12.8 Å². The molecule has 20 heavy (non-hydrogen) atoms. The highest BCUT2D eigenvalue weighted by atomic mass is 16.5. The van der Waals surface area contributed by atoms with Gasteiger partial charge in [0.05, 0.1) is 12.7 Å². The van der Waals surface area contributed by atoms with Crippen LogP contribution in [0.25, 0.3) is 0 Å². The van der Waals surface area contributed by atoms with Gasteiger partial charge in [0.15, 0.2) is 6.61 Å². The second-order valence-corrected chi connectivity index (χ2v) is 4.81. The molecule has 1 fully saturated rings. The van der Waals surface area contributed by atoms with Crippen LogP contribution in [0.1, 0.15) is 23.2 Å². The highest BCUT2D eigenvalue weighted by Crippen LogP contribution is 2.25. The lowest BCUT2D eigenvalue weighted by atomic mass is 10.2. The number of nitrogens with two attached hydrogens (primary N) is 1. The number of nitrogen functional groups attached to an aromatic ring is 1.